The summed E-state index contributed by atoms with van der Waals surface area (Å²) in [5, 5.41) is 5.19. The Hall–Kier alpha value is -0.643. The van der Waals surface area contributed by atoms with Crippen molar-refractivity contribution in [2.45, 2.75) is 39.0 Å². The first-order valence-corrected chi connectivity index (χ1v) is 11.4. The average Bonchev–Trinajstić information content (AvgIpc) is 2.41. The number of nitrogens with one attached hydrogen (secondary N) is 1. The number of rotatable bonds is 5. The smallest absolute Gasteiger partial charge is 0.0775 e. The molecule has 1 saturated heterocycles. The third kappa shape index (κ3) is 4.72. The highest BCUT2D eigenvalue weighted by molar-refractivity contribution is 6.88. The van der Waals surface area contributed by atoms with Crippen LogP contribution in [0.3, 0.4) is 0 Å². The van der Waals surface area contributed by atoms with Crippen LogP contribution in [-0.2, 0) is 6.54 Å². The third-order valence-electron chi connectivity index (χ3n) is 4.42. The molecule has 0 saturated carbocycles. The van der Waals surface area contributed by atoms with Gasteiger partial charge in [0, 0.05) is 6.54 Å². The van der Waals surface area contributed by atoms with Crippen molar-refractivity contribution in [3.05, 3.63) is 29.8 Å². The van der Waals surface area contributed by atoms with Gasteiger partial charge in [-0.2, -0.15) is 0 Å². The minimum atomic E-state index is -1.15. The van der Waals surface area contributed by atoms with Gasteiger partial charge in [-0.05, 0) is 51.0 Å². The molecule has 0 unspecified atom stereocenters. The fourth-order valence-electron chi connectivity index (χ4n) is 2.81. The second-order valence-electron chi connectivity index (χ2n) is 7.32. The number of likely N-dealkylation sites (tertiary alicyclic amines) is 1. The number of piperidine rings is 1. The maximum Gasteiger partial charge on any atom is 0.0775 e. The lowest BCUT2D eigenvalue weighted by Crippen LogP contribution is -2.37. The highest BCUT2D eigenvalue weighted by atomic mass is 28.3. The number of benzene rings is 1. The molecule has 3 heteroatoms. The van der Waals surface area contributed by atoms with Gasteiger partial charge in [-0.1, -0.05) is 49.1 Å². The Morgan fingerprint density at radius 2 is 1.70 bits per heavy atom. The summed E-state index contributed by atoms with van der Waals surface area (Å²) in [7, 11) is 1.08. The molecule has 2 nitrogen and oxygen atoms in total. The molecule has 0 aliphatic carbocycles. The van der Waals surface area contributed by atoms with E-state index in [-0.39, 0.29) is 0 Å². The normalized spacial score (nSPS) is 18.4. The van der Waals surface area contributed by atoms with E-state index >= 15 is 0 Å². The predicted octanol–water partition coefficient (Wildman–Crippen LogP) is 2.66. The Morgan fingerprint density at radius 1 is 1.10 bits per heavy atom. The van der Waals surface area contributed by atoms with Gasteiger partial charge in [-0.3, -0.25) is 0 Å². The topological polar surface area (TPSA) is 15.3 Å². The summed E-state index contributed by atoms with van der Waals surface area (Å²) in [5.74, 6) is 0.868. The van der Waals surface area contributed by atoms with Crippen LogP contribution in [0.5, 0.6) is 0 Å². The molecule has 1 heterocycles. The third-order valence-corrected chi connectivity index (χ3v) is 6.49. The Balaban J connectivity index is 1.74. The summed E-state index contributed by atoms with van der Waals surface area (Å²) >= 11 is 0. The second kappa shape index (κ2) is 6.88. The van der Waals surface area contributed by atoms with E-state index in [1.54, 1.807) is 5.19 Å². The first-order valence-electron chi connectivity index (χ1n) is 7.94. The molecule has 20 heavy (non-hydrogen) atoms. The molecule has 0 amide bonds. The van der Waals surface area contributed by atoms with Crippen molar-refractivity contribution in [1.82, 2.24) is 10.2 Å². The highest BCUT2D eigenvalue weighted by Crippen LogP contribution is 2.14. The molecule has 1 N–H and O–H groups in total. The Labute approximate surface area is 125 Å². The molecule has 0 bridgehead atoms. The fraction of sp³-hybridized carbons (Fsp3) is 0.647. The summed E-state index contributed by atoms with van der Waals surface area (Å²) in [6, 6.07) is 9.27. The van der Waals surface area contributed by atoms with Crippen molar-refractivity contribution in [1.29, 1.82) is 0 Å². The zero-order valence-electron chi connectivity index (χ0n) is 13.6. The predicted molar refractivity (Wildman–Crippen MR) is 91.3 cm³/mol. The monoisotopic (exact) mass is 290 g/mol. The van der Waals surface area contributed by atoms with Gasteiger partial charge < -0.3 is 10.2 Å². The van der Waals surface area contributed by atoms with Gasteiger partial charge in [-0.25, -0.2) is 0 Å². The van der Waals surface area contributed by atoms with Crippen LogP contribution in [0.1, 0.15) is 18.4 Å². The first kappa shape index (κ1) is 15.7. The largest absolute Gasteiger partial charge is 0.312 e. The summed E-state index contributed by atoms with van der Waals surface area (Å²) in [5.41, 5.74) is 1.42. The van der Waals surface area contributed by atoms with Gasteiger partial charge in [0.15, 0.2) is 0 Å². The van der Waals surface area contributed by atoms with Crippen LogP contribution >= 0.6 is 0 Å². The number of hydrogen-bond donors (Lipinski definition) is 1. The van der Waals surface area contributed by atoms with Crippen LogP contribution in [0.15, 0.2) is 24.3 Å². The van der Waals surface area contributed by atoms with E-state index in [1.807, 2.05) is 0 Å². The van der Waals surface area contributed by atoms with Gasteiger partial charge >= 0.3 is 0 Å². The molecule has 1 aromatic rings. The molecule has 0 spiro atoms. The van der Waals surface area contributed by atoms with Crippen molar-refractivity contribution in [3.8, 4) is 0 Å². The number of hydrogen-bond acceptors (Lipinski definition) is 2. The molecule has 2 rings (SSSR count). The molecule has 0 aromatic heterocycles. The standard InChI is InChI=1S/C17H30N2Si/c1-19-11-9-16(10-12-19)14-18-13-15-5-7-17(8-6-15)20(2,3)4/h5-8,16,18H,9-14H2,1-4H3. The Bertz CT molecular complexity index is 400. The van der Waals surface area contributed by atoms with E-state index in [0.717, 1.165) is 12.5 Å². The summed E-state index contributed by atoms with van der Waals surface area (Å²) in [6.45, 7) is 11.9. The SMILES string of the molecule is CN1CCC(CNCc2ccc([Si](C)(C)C)cc2)CC1. The zero-order chi connectivity index (χ0) is 14.6. The van der Waals surface area contributed by atoms with Gasteiger partial charge in [-0.15, -0.1) is 0 Å². The van der Waals surface area contributed by atoms with E-state index < -0.39 is 8.07 Å². The highest BCUT2D eigenvalue weighted by Gasteiger charge is 2.17. The molecule has 112 valence electrons. The molecule has 1 fully saturated rings. The maximum atomic E-state index is 3.64. The summed E-state index contributed by atoms with van der Waals surface area (Å²) < 4.78 is 0. The van der Waals surface area contributed by atoms with E-state index in [2.05, 4.69) is 61.2 Å². The summed E-state index contributed by atoms with van der Waals surface area (Å²) in [6.07, 6.45) is 2.69. The molecule has 1 aliphatic rings. The lowest BCUT2D eigenvalue weighted by Gasteiger charge is -2.29. The fourth-order valence-corrected chi connectivity index (χ4v) is 3.98. The van der Waals surface area contributed by atoms with Crippen LogP contribution in [-0.4, -0.2) is 39.7 Å². The van der Waals surface area contributed by atoms with Crippen LogP contribution in [0.2, 0.25) is 19.6 Å². The minimum absolute atomic E-state index is 0.868. The van der Waals surface area contributed by atoms with Crippen LogP contribution in [0.4, 0.5) is 0 Å². The molecule has 1 aromatic carbocycles. The molecule has 0 radical (unpaired) electrons. The van der Waals surface area contributed by atoms with E-state index in [1.165, 1.54) is 38.0 Å². The Morgan fingerprint density at radius 3 is 2.25 bits per heavy atom. The average molecular weight is 291 g/mol. The van der Waals surface area contributed by atoms with Gasteiger partial charge in [0.2, 0.25) is 0 Å². The van der Waals surface area contributed by atoms with Crippen molar-refractivity contribution >= 4 is 13.3 Å². The van der Waals surface area contributed by atoms with Gasteiger partial charge in [0.1, 0.15) is 0 Å². The van der Waals surface area contributed by atoms with Gasteiger partial charge in [0.05, 0.1) is 8.07 Å². The van der Waals surface area contributed by atoms with E-state index in [9.17, 15) is 0 Å². The van der Waals surface area contributed by atoms with Gasteiger partial charge in [0.25, 0.3) is 0 Å². The van der Waals surface area contributed by atoms with Crippen LogP contribution in [0, 0.1) is 5.92 Å². The summed E-state index contributed by atoms with van der Waals surface area (Å²) in [4.78, 5) is 2.44. The second-order valence-corrected chi connectivity index (χ2v) is 12.4. The first-order chi connectivity index (χ1) is 9.45. The lowest BCUT2D eigenvalue weighted by atomic mass is 9.97. The quantitative estimate of drug-likeness (QED) is 0.839. The van der Waals surface area contributed by atoms with E-state index in [0.29, 0.717) is 0 Å². The van der Waals surface area contributed by atoms with Crippen LogP contribution < -0.4 is 10.5 Å². The molecule has 1 aliphatic heterocycles. The molecular weight excluding hydrogens is 260 g/mol. The molecular formula is C17H30N2Si. The van der Waals surface area contributed by atoms with Crippen molar-refractivity contribution in [2.75, 3.05) is 26.7 Å². The zero-order valence-corrected chi connectivity index (χ0v) is 14.6. The van der Waals surface area contributed by atoms with Crippen molar-refractivity contribution < 1.29 is 0 Å². The number of nitrogens with zero attached hydrogens (tertiary/aromatic N) is 1. The lowest BCUT2D eigenvalue weighted by molar-refractivity contribution is 0.216. The minimum Gasteiger partial charge on any atom is -0.312 e. The Kier molecular flexibility index (Phi) is 5.41. The maximum absolute atomic E-state index is 3.64. The van der Waals surface area contributed by atoms with Crippen molar-refractivity contribution in [3.63, 3.8) is 0 Å². The van der Waals surface area contributed by atoms with E-state index in [4.69, 9.17) is 0 Å². The van der Waals surface area contributed by atoms with Crippen molar-refractivity contribution in [2.24, 2.45) is 5.92 Å². The van der Waals surface area contributed by atoms with Crippen LogP contribution in [0.25, 0.3) is 0 Å². The molecule has 0 atom stereocenters.